The molecular weight excluding hydrogens is 349 g/mol. The van der Waals surface area contributed by atoms with Gasteiger partial charge in [-0.2, -0.15) is 5.10 Å². The summed E-state index contributed by atoms with van der Waals surface area (Å²) in [6, 6.07) is 9.98. The van der Waals surface area contributed by atoms with E-state index in [4.69, 9.17) is 11.6 Å². The Bertz CT molecular complexity index is 811. The van der Waals surface area contributed by atoms with Crippen molar-refractivity contribution < 1.29 is 19.1 Å². The van der Waals surface area contributed by atoms with Gasteiger partial charge in [0, 0.05) is 23.6 Å². The number of phenols is 1. The number of nitrogens with one attached hydrogen (secondary N) is 2. The highest BCUT2D eigenvalue weighted by Crippen LogP contribution is 2.19. The summed E-state index contributed by atoms with van der Waals surface area (Å²) in [5.41, 5.74) is 2.52. The van der Waals surface area contributed by atoms with Gasteiger partial charge in [-0.05, 0) is 30.3 Å². The van der Waals surface area contributed by atoms with E-state index in [0.29, 0.717) is 10.6 Å². The van der Waals surface area contributed by atoms with E-state index in [9.17, 15) is 19.1 Å². The molecule has 25 heavy (non-hydrogen) atoms. The topological polar surface area (TPSA) is 90.8 Å². The first kappa shape index (κ1) is 18.4. The molecule has 0 radical (unpaired) electrons. The maximum Gasteiger partial charge on any atom is 0.254 e. The third-order valence-electron chi connectivity index (χ3n) is 3.14. The van der Waals surface area contributed by atoms with E-state index >= 15 is 0 Å². The van der Waals surface area contributed by atoms with Gasteiger partial charge in [0.15, 0.2) is 0 Å². The van der Waals surface area contributed by atoms with Crippen molar-refractivity contribution in [3.8, 4) is 5.75 Å². The van der Waals surface area contributed by atoms with Crippen LogP contribution in [0.2, 0.25) is 5.02 Å². The Balaban J connectivity index is 1.77. The van der Waals surface area contributed by atoms with E-state index in [0.717, 1.165) is 0 Å². The summed E-state index contributed by atoms with van der Waals surface area (Å²) >= 11 is 5.79. The smallest absolute Gasteiger partial charge is 0.254 e. The molecule has 6 nitrogen and oxygen atoms in total. The molecule has 0 fully saturated rings. The van der Waals surface area contributed by atoms with Crippen LogP contribution in [0, 0.1) is 5.82 Å². The highest BCUT2D eigenvalue weighted by molar-refractivity contribution is 6.30. The third-order valence-corrected chi connectivity index (χ3v) is 3.37. The quantitative estimate of drug-likeness (QED) is 0.544. The number of nitrogens with zero attached hydrogens (tertiary/aromatic N) is 1. The summed E-state index contributed by atoms with van der Waals surface area (Å²) in [4.78, 5) is 23.4. The normalized spacial score (nSPS) is 10.6. The minimum absolute atomic E-state index is 0.0247. The number of aromatic hydroxyl groups is 1. The molecule has 2 amide bonds. The van der Waals surface area contributed by atoms with Gasteiger partial charge in [-0.3, -0.25) is 9.59 Å². The lowest BCUT2D eigenvalue weighted by Gasteiger charge is -2.05. The number of benzene rings is 2. The number of amides is 2. The zero-order valence-electron chi connectivity index (χ0n) is 13.0. The van der Waals surface area contributed by atoms with E-state index in [1.165, 1.54) is 42.6 Å². The zero-order valence-corrected chi connectivity index (χ0v) is 13.8. The second-order valence-corrected chi connectivity index (χ2v) is 5.42. The highest BCUT2D eigenvalue weighted by atomic mass is 35.5. The van der Waals surface area contributed by atoms with Gasteiger partial charge in [0.1, 0.15) is 11.6 Å². The fourth-order valence-electron chi connectivity index (χ4n) is 1.89. The summed E-state index contributed by atoms with van der Waals surface area (Å²) < 4.78 is 13.4. The molecule has 0 heterocycles. The maximum atomic E-state index is 13.4. The number of hydrazone groups is 1. The van der Waals surface area contributed by atoms with Crippen molar-refractivity contribution in [2.45, 2.75) is 6.42 Å². The molecule has 0 saturated carbocycles. The lowest BCUT2D eigenvalue weighted by Crippen LogP contribution is -2.29. The van der Waals surface area contributed by atoms with Crippen LogP contribution in [0.4, 0.5) is 4.39 Å². The van der Waals surface area contributed by atoms with Gasteiger partial charge in [-0.1, -0.05) is 23.7 Å². The van der Waals surface area contributed by atoms with Crippen LogP contribution in [0.5, 0.6) is 5.75 Å². The van der Waals surface area contributed by atoms with Crippen LogP contribution < -0.4 is 10.7 Å². The number of rotatable bonds is 6. The van der Waals surface area contributed by atoms with Crippen molar-refractivity contribution in [1.82, 2.24) is 10.7 Å². The number of halogens is 2. The molecule has 2 aromatic carbocycles. The molecule has 0 unspecified atom stereocenters. The van der Waals surface area contributed by atoms with Crippen molar-refractivity contribution in [2.24, 2.45) is 5.10 Å². The van der Waals surface area contributed by atoms with Crippen LogP contribution in [-0.2, 0) is 4.79 Å². The SMILES string of the molecule is O=C(CCNC(=O)c1ccccc1F)N/N=C/c1cc(Cl)ccc1O. The summed E-state index contributed by atoms with van der Waals surface area (Å²) in [7, 11) is 0. The predicted octanol–water partition coefficient (Wildman–Crippen LogP) is 2.45. The van der Waals surface area contributed by atoms with Gasteiger partial charge < -0.3 is 10.4 Å². The van der Waals surface area contributed by atoms with E-state index in [1.54, 1.807) is 6.07 Å². The molecular formula is C17H15ClFN3O3. The first-order valence-electron chi connectivity index (χ1n) is 7.30. The molecule has 0 saturated heterocycles. The predicted molar refractivity (Wildman–Crippen MR) is 92.2 cm³/mol. The van der Waals surface area contributed by atoms with Gasteiger partial charge in [0.2, 0.25) is 5.91 Å². The van der Waals surface area contributed by atoms with Crippen LogP contribution in [-0.4, -0.2) is 29.7 Å². The molecule has 0 aliphatic rings. The molecule has 0 aliphatic heterocycles. The van der Waals surface area contributed by atoms with Crippen LogP contribution in [0.1, 0.15) is 22.3 Å². The lowest BCUT2D eigenvalue weighted by molar-refractivity contribution is -0.120. The van der Waals surface area contributed by atoms with Crippen molar-refractivity contribution in [3.05, 3.63) is 64.4 Å². The first-order valence-corrected chi connectivity index (χ1v) is 7.68. The Morgan fingerprint density at radius 3 is 2.76 bits per heavy atom. The van der Waals surface area contributed by atoms with Gasteiger partial charge >= 0.3 is 0 Å². The lowest BCUT2D eigenvalue weighted by atomic mass is 10.2. The summed E-state index contributed by atoms with van der Waals surface area (Å²) in [6.07, 6.45) is 1.20. The molecule has 0 bridgehead atoms. The van der Waals surface area contributed by atoms with Crippen molar-refractivity contribution in [1.29, 1.82) is 0 Å². The Kier molecular flexibility index (Phi) is 6.47. The van der Waals surface area contributed by atoms with Gasteiger partial charge in [-0.15, -0.1) is 0 Å². The first-order chi connectivity index (χ1) is 12.0. The van der Waals surface area contributed by atoms with Gasteiger partial charge in [0.25, 0.3) is 5.91 Å². The summed E-state index contributed by atoms with van der Waals surface area (Å²) in [6.45, 7) is 0.0247. The fourth-order valence-corrected chi connectivity index (χ4v) is 2.07. The zero-order chi connectivity index (χ0) is 18.2. The standard InChI is InChI=1S/C17H15ClFN3O3/c18-12-5-6-15(23)11(9-12)10-21-22-16(24)7-8-20-17(25)13-3-1-2-4-14(13)19/h1-6,9-10,23H,7-8H2,(H,20,25)(H,22,24)/b21-10+. The van der Waals surface area contributed by atoms with E-state index in [2.05, 4.69) is 15.8 Å². The van der Waals surface area contributed by atoms with Crippen molar-refractivity contribution >= 4 is 29.6 Å². The second kappa shape index (κ2) is 8.79. The molecule has 0 aliphatic carbocycles. The van der Waals surface area contributed by atoms with E-state index < -0.39 is 17.6 Å². The second-order valence-electron chi connectivity index (χ2n) is 4.98. The maximum absolute atomic E-state index is 13.4. The molecule has 2 aromatic rings. The monoisotopic (exact) mass is 363 g/mol. The van der Waals surface area contributed by atoms with Crippen LogP contribution in [0.25, 0.3) is 0 Å². The van der Waals surface area contributed by atoms with Crippen LogP contribution >= 0.6 is 11.6 Å². The van der Waals surface area contributed by atoms with Crippen LogP contribution in [0.3, 0.4) is 0 Å². The van der Waals surface area contributed by atoms with E-state index in [1.807, 2.05) is 0 Å². The number of phenolic OH excluding ortho intramolecular Hbond substituents is 1. The molecule has 8 heteroatoms. The highest BCUT2D eigenvalue weighted by Gasteiger charge is 2.10. The summed E-state index contributed by atoms with van der Waals surface area (Å²) in [5.74, 6) is -1.71. The van der Waals surface area contributed by atoms with Gasteiger partial charge in [0.05, 0.1) is 11.8 Å². The number of carbonyl (C=O) groups is 2. The molecule has 2 rings (SSSR count). The van der Waals surface area contributed by atoms with Gasteiger partial charge in [-0.25, -0.2) is 9.82 Å². The average Bonchev–Trinajstić information content (AvgIpc) is 2.58. The fraction of sp³-hybridized carbons (Fsp3) is 0.118. The average molecular weight is 364 g/mol. The minimum Gasteiger partial charge on any atom is -0.507 e. The Hall–Kier alpha value is -2.93. The Morgan fingerprint density at radius 1 is 1.24 bits per heavy atom. The molecule has 0 atom stereocenters. The minimum atomic E-state index is -0.629. The number of carbonyl (C=O) groups excluding carboxylic acids is 2. The van der Waals surface area contributed by atoms with E-state index in [-0.39, 0.29) is 24.3 Å². The molecule has 0 aromatic heterocycles. The molecule has 0 spiro atoms. The number of hydrogen-bond acceptors (Lipinski definition) is 4. The Morgan fingerprint density at radius 2 is 2.00 bits per heavy atom. The number of hydrogen-bond donors (Lipinski definition) is 3. The molecule has 130 valence electrons. The largest absolute Gasteiger partial charge is 0.507 e. The van der Waals surface area contributed by atoms with Crippen molar-refractivity contribution in [2.75, 3.05) is 6.54 Å². The van der Waals surface area contributed by atoms with Crippen molar-refractivity contribution in [3.63, 3.8) is 0 Å². The summed E-state index contributed by atoms with van der Waals surface area (Å²) in [5, 5.41) is 16.2. The molecule has 3 N–H and O–H groups in total. The Labute approximate surface area is 148 Å². The third kappa shape index (κ3) is 5.58. The van der Waals surface area contributed by atoms with Crippen LogP contribution in [0.15, 0.2) is 47.6 Å².